The molecule has 20 heavy (non-hydrogen) atoms. The van der Waals surface area contributed by atoms with Crippen LogP contribution in [0.25, 0.3) is 0 Å². The molecule has 0 radical (unpaired) electrons. The standard InChI is InChI=1S/C14H22N4O2/c1-10-8-11(17-12(16-10)13(19)20-4)15-9-14(18(2)3)6-5-7-14/h8H,5-7,9H2,1-4H3,(H,15,16,17). The summed E-state index contributed by atoms with van der Waals surface area (Å²) in [5.74, 6) is 0.260. The Morgan fingerprint density at radius 2 is 2.15 bits per heavy atom. The second-order valence-electron chi connectivity index (χ2n) is 5.54. The molecule has 1 saturated carbocycles. The third kappa shape index (κ3) is 2.90. The van der Waals surface area contributed by atoms with Gasteiger partial charge in [0.15, 0.2) is 0 Å². The molecular weight excluding hydrogens is 256 g/mol. The van der Waals surface area contributed by atoms with Gasteiger partial charge in [0.1, 0.15) is 5.82 Å². The van der Waals surface area contributed by atoms with Gasteiger partial charge >= 0.3 is 5.97 Å². The normalized spacial score (nSPS) is 16.6. The third-order valence-corrected chi connectivity index (χ3v) is 4.05. The predicted octanol–water partition coefficient (Wildman–Crippen LogP) is 1.47. The zero-order chi connectivity index (χ0) is 14.8. The molecule has 0 saturated heterocycles. The molecule has 1 fully saturated rings. The van der Waals surface area contributed by atoms with Crippen molar-refractivity contribution >= 4 is 11.8 Å². The maximum Gasteiger partial charge on any atom is 0.376 e. The number of methoxy groups -OCH3 is 1. The summed E-state index contributed by atoms with van der Waals surface area (Å²) in [5.41, 5.74) is 0.944. The summed E-state index contributed by atoms with van der Waals surface area (Å²) in [7, 11) is 5.54. The topological polar surface area (TPSA) is 67.3 Å². The third-order valence-electron chi connectivity index (χ3n) is 4.05. The van der Waals surface area contributed by atoms with Crippen molar-refractivity contribution in [3.8, 4) is 0 Å². The summed E-state index contributed by atoms with van der Waals surface area (Å²) in [5, 5.41) is 3.33. The second kappa shape index (κ2) is 5.75. The quantitative estimate of drug-likeness (QED) is 0.823. The Morgan fingerprint density at radius 3 is 2.65 bits per heavy atom. The first-order chi connectivity index (χ1) is 9.47. The molecule has 6 heteroatoms. The predicted molar refractivity (Wildman–Crippen MR) is 76.9 cm³/mol. The Labute approximate surface area is 119 Å². The summed E-state index contributed by atoms with van der Waals surface area (Å²) < 4.78 is 4.66. The molecule has 0 unspecified atom stereocenters. The number of carbonyl (C=O) groups excluding carboxylic acids is 1. The molecule has 110 valence electrons. The smallest absolute Gasteiger partial charge is 0.376 e. The Balaban J connectivity index is 2.09. The number of ether oxygens (including phenoxy) is 1. The summed E-state index contributed by atoms with van der Waals surface area (Å²) in [4.78, 5) is 22.1. The number of esters is 1. The van der Waals surface area contributed by atoms with Crippen molar-refractivity contribution in [2.24, 2.45) is 0 Å². The number of hydrogen-bond donors (Lipinski definition) is 1. The minimum absolute atomic E-state index is 0.0995. The summed E-state index contributed by atoms with van der Waals surface area (Å²) in [6.07, 6.45) is 3.62. The fourth-order valence-electron chi connectivity index (χ4n) is 2.46. The van der Waals surface area contributed by atoms with E-state index in [9.17, 15) is 4.79 Å². The van der Waals surface area contributed by atoms with E-state index < -0.39 is 5.97 Å². The van der Waals surface area contributed by atoms with Gasteiger partial charge in [0.2, 0.25) is 5.82 Å². The lowest BCUT2D eigenvalue weighted by molar-refractivity contribution is 0.0586. The first-order valence-corrected chi connectivity index (χ1v) is 6.82. The van der Waals surface area contributed by atoms with E-state index in [1.54, 1.807) is 0 Å². The highest BCUT2D eigenvalue weighted by atomic mass is 16.5. The van der Waals surface area contributed by atoms with E-state index in [0.717, 1.165) is 12.2 Å². The van der Waals surface area contributed by atoms with Crippen LogP contribution < -0.4 is 5.32 Å². The van der Waals surface area contributed by atoms with Crippen LogP contribution >= 0.6 is 0 Å². The lowest BCUT2D eigenvalue weighted by Crippen LogP contribution is -2.54. The number of likely N-dealkylation sites (N-methyl/N-ethyl adjacent to an activating group) is 1. The first-order valence-electron chi connectivity index (χ1n) is 6.82. The van der Waals surface area contributed by atoms with Gasteiger partial charge in [0.25, 0.3) is 0 Å². The molecule has 0 aromatic carbocycles. The summed E-state index contributed by atoms with van der Waals surface area (Å²) >= 11 is 0. The Bertz CT molecular complexity index is 498. The number of carbonyl (C=O) groups is 1. The van der Waals surface area contributed by atoms with E-state index in [2.05, 4.69) is 39.0 Å². The van der Waals surface area contributed by atoms with Crippen LogP contribution in [-0.2, 0) is 4.74 Å². The van der Waals surface area contributed by atoms with Crippen LogP contribution in [0.4, 0.5) is 5.82 Å². The number of anilines is 1. The van der Waals surface area contributed by atoms with Crippen molar-refractivity contribution < 1.29 is 9.53 Å². The van der Waals surface area contributed by atoms with Crippen molar-refractivity contribution in [1.82, 2.24) is 14.9 Å². The maximum atomic E-state index is 11.5. The second-order valence-corrected chi connectivity index (χ2v) is 5.54. The van der Waals surface area contributed by atoms with Gasteiger partial charge in [-0.15, -0.1) is 0 Å². The van der Waals surface area contributed by atoms with E-state index in [4.69, 9.17) is 0 Å². The van der Waals surface area contributed by atoms with Gasteiger partial charge in [-0.3, -0.25) is 0 Å². The molecule has 1 aliphatic carbocycles. The Kier molecular flexibility index (Phi) is 4.23. The van der Waals surface area contributed by atoms with E-state index in [-0.39, 0.29) is 11.4 Å². The Hall–Kier alpha value is -1.69. The molecule has 0 aliphatic heterocycles. The zero-order valence-electron chi connectivity index (χ0n) is 12.6. The van der Waals surface area contributed by atoms with E-state index >= 15 is 0 Å². The van der Waals surface area contributed by atoms with Gasteiger partial charge in [0, 0.05) is 23.8 Å². The van der Waals surface area contributed by atoms with Crippen LogP contribution in [0.5, 0.6) is 0 Å². The van der Waals surface area contributed by atoms with E-state index in [1.165, 1.54) is 26.4 Å². The van der Waals surface area contributed by atoms with Gasteiger partial charge in [0.05, 0.1) is 7.11 Å². The molecule has 1 aromatic heterocycles. The van der Waals surface area contributed by atoms with Crippen molar-refractivity contribution in [2.45, 2.75) is 31.7 Å². The number of nitrogens with one attached hydrogen (secondary N) is 1. The number of aryl methyl sites for hydroxylation is 1. The van der Waals surface area contributed by atoms with Gasteiger partial charge < -0.3 is 15.0 Å². The summed E-state index contributed by atoms with van der Waals surface area (Å²) in [6.45, 7) is 2.65. The largest absolute Gasteiger partial charge is 0.463 e. The first kappa shape index (κ1) is 14.7. The monoisotopic (exact) mass is 278 g/mol. The SMILES string of the molecule is COC(=O)c1nc(C)cc(NCC2(N(C)C)CCC2)n1. The average Bonchev–Trinajstić information content (AvgIpc) is 2.35. The number of hydrogen-bond acceptors (Lipinski definition) is 6. The van der Waals surface area contributed by atoms with Crippen molar-refractivity contribution in [1.29, 1.82) is 0 Å². The van der Waals surface area contributed by atoms with Crippen LogP contribution in [0.2, 0.25) is 0 Å². The number of aromatic nitrogens is 2. The molecule has 1 aromatic rings. The molecular formula is C14H22N4O2. The van der Waals surface area contributed by atoms with Gasteiger partial charge in [-0.1, -0.05) is 0 Å². The maximum absolute atomic E-state index is 11.5. The molecule has 6 nitrogen and oxygen atoms in total. The highest BCUT2D eigenvalue weighted by molar-refractivity contribution is 5.85. The molecule has 0 spiro atoms. The molecule has 1 N–H and O–H groups in total. The fraction of sp³-hybridized carbons (Fsp3) is 0.643. The van der Waals surface area contributed by atoms with E-state index in [1.807, 2.05) is 13.0 Å². The minimum atomic E-state index is -0.511. The number of rotatable bonds is 5. The molecule has 0 atom stereocenters. The van der Waals surface area contributed by atoms with Gasteiger partial charge in [-0.25, -0.2) is 14.8 Å². The van der Waals surface area contributed by atoms with Crippen LogP contribution in [0.3, 0.4) is 0 Å². The van der Waals surface area contributed by atoms with Crippen LogP contribution in [0, 0.1) is 6.92 Å². The lowest BCUT2D eigenvalue weighted by Gasteiger charge is -2.47. The molecule has 2 rings (SSSR count). The van der Waals surface area contributed by atoms with Crippen molar-refractivity contribution in [2.75, 3.05) is 33.1 Å². The molecule has 1 aliphatic rings. The van der Waals surface area contributed by atoms with Crippen LogP contribution in [0.15, 0.2) is 6.07 Å². The highest BCUT2D eigenvalue weighted by Gasteiger charge is 2.38. The van der Waals surface area contributed by atoms with Crippen molar-refractivity contribution in [3.05, 3.63) is 17.6 Å². The van der Waals surface area contributed by atoms with Crippen molar-refractivity contribution in [3.63, 3.8) is 0 Å². The summed E-state index contributed by atoms with van der Waals surface area (Å²) in [6, 6.07) is 1.84. The highest BCUT2D eigenvalue weighted by Crippen LogP contribution is 2.36. The number of nitrogens with zero attached hydrogens (tertiary/aromatic N) is 3. The lowest BCUT2D eigenvalue weighted by atomic mass is 9.75. The van der Waals surface area contributed by atoms with Gasteiger partial charge in [-0.2, -0.15) is 0 Å². The zero-order valence-corrected chi connectivity index (χ0v) is 12.6. The van der Waals surface area contributed by atoms with Crippen LogP contribution in [-0.4, -0.2) is 54.1 Å². The molecule has 0 amide bonds. The molecule has 1 heterocycles. The average molecular weight is 278 g/mol. The minimum Gasteiger partial charge on any atom is -0.463 e. The van der Waals surface area contributed by atoms with Gasteiger partial charge in [-0.05, 0) is 40.3 Å². The Morgan fingerprint density at radius 1 is 1.45 bits per heavy atom. The fourth-order valence-corrected chi connectivity index (χ4v) is 2.46. The molecule has 0 bridgehead atoms. The van der Waals surface area contributed by atoms with Crippen LogP contribution in [0.1, 0.15) is 35.6 Å². The van der Waals surface area contributed by atoms with E-state index in [0.29, 0.717) is 5.82 Å².